The van der Waals surface area contributed by atoms with E-state index in [9.17, 15) is 40.3 Å². The molecule has 0 aliphatic carbocycles. The van der Waals surface area contributed by atoms with E-state index in [4.69, 9.17) is 17.0 Å². The average Bonchev–Trinajstić information content (AvgIpc) is 2.95. The van der Waals surface area contributed by atoms with Crippen LogP contribution < -0.4 is 16.0 Å². The van der Waals surface area contributed by atoms with E-state index < -0.39 is 41.0 Å². The third-order valence-corrected chi connectivity index (χ3v) is 7.84. The van der Waals surface area contributed by atoms with E-state index in [0.29, 0.717) is 40.9 Å². The van der Waals surface area contributed by atoms with Crippen molar-refractivity contribution in [1.82, 2.24) is 5.32 Å². The molecule has 6 nitrogen and oxygen atoms in total. The number of benzene rings is 3. The van der Waals surface area contributed by atoms with Crippen molar-refractivity contribution in [2.24, 2.45) is 0 Å². The molecule has 3 aromatic rings. The molecule has 3 aromatic carbocycles. The van der Waals surface area contributed by atoms with Gasteiger partial charge in [-0.2, -0.15) is 38.1 Å². The minimum Gasteiger partial charge on any atom is -0.380 e. The number of carbonyl (C=O) groups excluding carboxylic acids is 2. The number of anilines is 2. The van der Waals surface area contributed by atoms with Gasteiger partial charge in [0.25, 0.3) is 11.8 Å². The summed E-state index contributed by atoms with van der Waals surface area (Å²) in [5.74, 6) is -0.441. The first kappa shape index (κ1) is 35.7. The van der Waals surface area contributed by atoms with Gasteiger partial charge in [-0.1, -0.05) is 35.9 Å². The molecule has 0 aliphatic rings. The number of halogens is 8. The summed E-state index contributed by atoms with van der Waals surface area (Å²) >= 11 is 7.82. The van der Waals surface area contributed by atoms with Gasteiger partial charge in [0.2, 0.25) is 0 Å². The molecule has 0 aliphatic heterocycles. The van der Waals surface area contributed by atoms with Crippen molar-refractivity contribution >= 4 is 52.8 Å². The number of hydrogen-bond donors (Lipinski definition) is 4. The highest BCUT2D eigenvalue weighted by atomic mass is 35.5. The maximum atomic E-state index is 14.5. The fourth-order valence-corrected chi connectivity index (χ4v) is 5.28. The number of carbonyl (C=O) groups is 2. The molecule has 0 spiro atoms. The Kier molecular flexibility index (Phi) is 11.2. The van der Waals surface area contributed by atoms with Crippen molar-refractivity contribution in [1.29, 1.82) is 5.41 Å². The summed E-state index contributed by atoms with van der Waals surface area (Å²) in [6.07, 6.45) is -10.1. The van der Waals surface area contributed by atoms with Gasteiger partial charge in [0.05, 0.1) is 16.1 Å². The minimum absolute atomic E-state index is 0.00547. The molecule has 0 saturated carbocycles. The van der Waals surface area contributed by atoms with Crippen LogP contribution in [0, 0.1) is 12.3 Å². The number of hydrogen-bond acceptors (Lipinski definition) is 5. The van der Waals surface area contributed by atoms with Crippen LogP contribution in [0.2, 0.25) is 5.02 Å². The van der Waals surface area contributed by atoms with Gasteiger partial charge in [0, 0.05) is 47.1 Å². The Morgan fingerprint density at radius 3 is 2.18 bits per heavy atom. The third kappa shape index (κ3) is 7.90. The van der Waals surface area contributed by atoms with Gasteiger partial charge in [0.15, 0.2) is 0 Å². The molecular weight excluding hydrogens is 649 g/mol. The predicted molar refractivity (Wildman–Crippen MR) is 162 cm³/mol. The fraction of sp³-hybridized carbons (Fsp3) is 0.300. The second kappa shape index (κ2) is 14.1. The summed E-state index contributed by atoms with van der Waals surface area (Å²) in [4.78, 5) is 26.1. The van der Waals surface area contributed by atoms with Crippen molar-refractivity contribution < 1.29 is 40.3 Å². The molecule has 15 heteroatoms. The topological polar surface area (TPSA) is 94.1 Å². The second-order valence-corrected chi connectivity index (χ2v) is 11.4. The van der Waals surface area contributed by atoms with E-state index in [-0.39, 0.29) is 34.4 Å². The van der Waals surface area contributed by atoms with E-state index in [1.807, 2.05) is 13.2 Å². The number of nitrogens with one attached hydrogen (secondary N) is 4. The molecule has 4 N–H and O–H groups in total. The van der Waals surface area contributed by atoms with Gasteiger partial charge < -0.3 is 21.4 Å². The van der Waals surface area contributed by atoms with Gasteiger partial charge in [-0.05, 0) is 61.6 Å². The summed E-state index contributed by atoms with van der Waals surface area (Å²) in [6.45, 7) is 3.52. The van der Waals surface area contributed by atoms with E-state index in [2.05, 4.69) is 16.0 Å². The smallest absolute Gasteiger partial charge is 0.380 e. The zero-order chi connectivity index (χ0) is 33.7. The van der Waals surface area contributed by atoms with Crippen molar-refractivity contribution in [3.8, 4) is 0 Å². The summed E-state index contributed by atoms with van der Waals surface area (Å²) in [7, 11) is 0. The van der Waals surface area contributed by atoms with E-state index in [0.717, 1.165) is 6.07 Å². The van der Waals surface area contributed by atoms with Crippen molar-refractivity contribution in [3.05, 3.63) is 93.0 Å². The summed E-state index contributed by atoms with van der Waals surface area (Å²) in [6, 6.07) is 10.7. The van der Waals surface area contributed by atoms with Crippen LogP contribution in [-0.2, 0) is 12.2 Å². The Hall–Kier alpha value is -3.78. The lowest BCUT2D eigenvalue weighted by atomic mass is 9.92. The van der Waals surface area contributed by atoms with Gasteiger partial charge in [-0.15, -0.1) is 0 Å². The first-order valence-corrected chi connectivity index (χ1v) is 14.9. The Bertz CT molecular complexity index is 1570. The molecule has 2 amide bonds. The summed E-state index contributed by atoms with van der Waals surface area (Å²) < 4.78 is 93.5. The zero-order valence-corrected chi connectivity index (χ0v) is 25.6. The lowest BCUT2D eigenvalue weighted by molar-refractivity contribution is -0.348. The van der Waals surface area contributed by atoms with Crippen LogP contribution in [0.25, 0.3) is 0 Å². The Morgan fingerprint density at radius 1 is 0.956 bits per heavy atom. The first-order chi connectivity index (χ1) is 20.9. The highest BCUT2D eigenvalue weighted by Gasteiger charge is 2.73. The average molecular weight is 677 g/mol. The molecule has 0 heterocycles. The first-order valence-electron chi connectivity index (χ1n) is 13.1. The van der Waals surface area contributed by atoms with Gasteiger partial charge in [-0.25, -0.2) is 4.39 Å². The summed E-state index contributed by atoms with van der Waals surface area (Å²) in [5, 5.41) is 15.9. The van der Waals surface area contributed by atoms with Crippen molar-refractivity contribution in [3.63, 3.8) is 0 Å². The Morgan fingerprint density at radius 2 is 1.60 bits per heavy atom. The van der Waals surface area contributed by atoms with Crippen LogP contribution in [0.3, 0.4) is 0 Å². The largest absolute Gasteiger partial charge is 0.435 e. The molecule has 242 valence electrons. The second-order valence-electron chi connectivity index (χ2n) is 10.0. The Balaban J connectivity index is 1.78. The number of aryl methyl sites for hydroxylation is 1. The SMILES string of the molecule is CSC[C@H](C)NC(=O)c1c(Cl)cccc1C(=O)Nc1ccc(CNc2ccc(C(F)(C(F)(F)F)C(F)(F)F)cc2C=N)cc1C. The zero-order valence-electron chi connectivity index (χ0n) is 24.0. The minimum atomic E-state index is -6.28. The molecule has 0 unspecified atom stereocenters. The van der Waals surface area contributed by atoms with Gasteiger partial charge in [-0.3, -0.25) is 9.59 Å². The van der Waals surface area contributed by atoms with Crippen LogP contribution >= 0.6 is 23.4 Å². The third-order valence-electron chi connectivity index (χ3n) is 6.69. The van der Waals surface area contributed by atoms with Crippen LogP contribution in [-0.4, -0.2) is 48.4 Å². The van der Waals surface area contributed by atoms with Crippen molar-refractivity contribution in [2.45, 2.75) is 44.5 Å². The molecular formula is C30H28ClF7N4O2S. The van der Waals surface area contributed by atoms with E-state index in [1.165, 1.54) is 18.2 Å². The van der Waals surface area contributed by atoms with Gasteiger partial charge in [0.1, 0.15) is 0 Å². The number of thioether (sulfide) groups is 1. The predicted octanol–water partition coefficient (Wildman–Crippen LogP) is 8.28. The number of rotatable bonds is 11. The van der Waals surface area contributed by atoms with E-state index in [1.54, 1.807) is 36.9 Å². The molecule has 3 rings (SSSR count). The molecule has 1 atom stereocenters. The lowest BCUT2D eigenvalue weighted by Gasteiger charge is -2.30. The molecule has 0 saturated heterocycles. The van der Waals surface area contributed by atoms with Crippen LogP contribution in [0.5, 0.6) is 0 Å². The Labute approximate surface area is 263 Å². The molecule has 0 radical (unpaired) electrons. The molecule has 45 heavy (non-hydrogen) atoms. The normalized spacial score (nSPS) is 12.8. The van der Waals surface area contributed by atoms with Crippen LogP contribution in [0.4, 0.5) is 42.1 Å². The molecule has 0 fully saturated rings. The highest BCUT2D eigenvalue weighted by Crippen LogP contribution is 2.53. The monoisotopic (exact) mass is 676 g/mol. The molecule has 0 bridgehead atoms. The van der Waals surface area contributed by atoms with Crippen LogP contribution in [0.1, 0.15) is 49.9 Å². The molecule has 0 aromatic heterocycles. The summed E-state index contributed by atoms with van der Waals surface area (Å²) in [5.41, 5.74) is -6.06. The standard InChI is InChI=1S/C30H28ClF7N4O2S/c1-16-11-18(14-40-24-10-8-20(12-19(24)13-39)28(32,29(33,34)35)30(36,37)38)7-9-23(16)42-26(43)21-5-4-6-22(31)25(21)27(44)41-17(2)15-45-3/h4-13,17,39-40H,14-15H2,1-3H3,(H,41,44)(H,42,43)/t17-/m0/s1. The number of alkyl halides is 7. The fourth-order valence-electron chi connectivity index (χ4n) is 4.44. The van der Waals surface area contributed by atoms with Gasteiger partial charge >= 0.3 is 18.0 Å². The maximum Gasteiger partial charge on any atom is 0.435 e. The number of amides is 2. The van der Waals surface area contributed by atoms with E-state index >= 15 is 0 Å². The quantitative estimate of drug-likeness (QED) is 0.122. The lowest BCUT2D eigenvalue weighted by Crippen LogP contribution is -2.50. The van der Waals surface area contributed by atoms with Crippen LogP contribution in [0.15, 0.2) is 54.6 Å². The maximum absolute atomic E-state index is 14.5. The van der Waals surface area contributed by atoms with Crippen molar-refractivity contribution in [2.75, 3.05) is 22.6 Å². The highest BCUT2D eigenvalue weighted by molar-refractivity contribution is 7.98.